The van der Waals surface area contributed by atoms with Crippen molar-refractivity contribution in [3.63, 3.8) is 0 Å². The van der Waals surface area contributed by atoms with Crippen molar-refractivity contribution in [1.29, 1.82) is 0 Å². The van der Waals surface area contributed by atoms with Crippen molar-refractivity contribution in [3.05, 3.63) is 35.9 Å². The Morgan fingerprint density at radius 1 is 0.962 bits per heavy atom. The molecule has 0 atom stereocenters. The van der Waals surface area contributed by atoms with E-state index in [2.05, 4.69) is 17.4 Å². The SMILES string of the molecule is Cl.O=C(CCc1ccccc1)N1CCCN(C(=O)C2CCNCC2)CC1. The quantitative estimate of drug-likeness (QED) is 0.871. The molecule has 144 valence electrons. The summed E-state index contributed by atoms with van der Waals surface area (Å²) < 4.78 is 0. The Balaban J connectivity index is 0.00000243. The van der Waals surface area contributed by atoms with Crippen molar-refractivity contribution in [2.75, 3.05) is 39.3 Å². The third-order valence-corrected chi connectivity index (χ3v) is 5.32. The molecule has 1 N–H and O–H groups in total. The van der Waals surface area contributed by atoms with Gasteiger partial charge >= 0.3 is 0 Å². The number of carbonyl (C=O) groups is 2. The summed E-state index contributed by atoms with van der Waals surface area (Å²) in [5.41, 5.74) is 1.20. The molecule has 2 aliphatic heterocycles. The second-order valence-corrected chi connectivity index (χ2v) is 7.07. The molecule has 5 nitrogen and oxygen atoms in total. The summed E-state index contributed by atoms with van der Waals surface area (Å²) in [7, 11) is 0. The third-order valence-electron chi connectivity index (χ3n) is 5.32. The summed E-state index contributed by atoms with van der Waals surface area (Å²) in [6, 6.07) is 10.1. The molecule has 6 heteroatoms. The molecule has 3 rings (SSSR count). The Hall–Kier alpha value is -1.59. The Morgan fingerprint density at radius 3 is 2.35 bits per heavy atom. The fourth-order valence-electron chi connectivity index (χ4n) is 3.77. The number of amides is 2. The van der Waals surface area contributed by atoms with Gasteiger partial charge in [-0.3, -0.25) is 9.59 Å². The van der Waals surface area contributed by atoms with Crippen LogP contribution in [-0.4, -0.2) is 60.9 Å². The highest BCUT2D eigenvalue weighted by Crippen LogP contribution is 2.17. The molecule has 0 unspecified atom stereocenters. The van der Waals surface area contributed by atoms with Gasteiger partial charge in [0, 0.05) is 38.5 Å². The van der Waals surface area contributed by atoms with Gasteiger partial charge in [-0.05, 0) is 44.3 Å². The molecule has 2 aliphatic rings. The third kappa shape index (κ3) is 5.71. The summed E-state index contributed by atoms with van der Waals surface area (Å²) in [5, 5.41) is 3.31. The number of aryl methyl sites for hydroxylation is 1. The van der Waals surface area contributed by atoms with Crippen LogP contribution in [0.15, 0.2) is 30.3 Å². The maximum Gasteiger partial charge on any atom is 0.225 e. The van der Waals surface area contributed by atoms with E-state index >= 15 is 0 Å². The van der Waals surface area contributed by atoms with E-state index in [-0.39, 0.29) is 24.2 Å². The van der Waals surface area contributed by atoms with Crippen LogP contribution in [0.4, 0.5) is 0 Å². The molecule has 2 fully saturated rings. The molecule has 2 heterocycles. The van der Waals surface area contributed by atoms with Gasteiger partial charge < -0.3 is 15.1 Å². The number of carbonyl (C=O) groups excluding carboxylic acids is 2. The van der Waals surface area contributed by atoms with Gasteiger partial charge in [0.15, 0.2) is 0 Å². The second kappa shape index (κ2) is 10.5. The van der Waals surface area contributed by atoms with E-state index in [0.29, 0.717) is 25.4 Å². The number of hydrogen-bond acceptors (Lipinski definition) is 3. The van der Waals surface area contributed by atoms with E-state index in [1.165, 1.54) is 5.56 Å². The smallest absolute Gasteiger partial charge is 0.225 e. The van der Waals surface area contributed by atoms with E-state index in [1.54, 1.807) is 0 Å². The predicted octanol–water partition coefficient (Wildman–Crippen LogP) is 2.10. The largest absolute Gasteiger partial charge is 0.341 e. The van der Waals surface area contributed by atoms with Gasteiger partial charge in [0.2, 0.25) is 11.8 Å². The van der Waals surface area contributed by atoms with Gasteiger partial charge in [-0.2, -0.15) is 0 Å². The Morgan fingerprint density at radius 2 is 1.62 bits per heavy atom. The molecular weight excluding hydrogens is 350 g/mol. The minimum absolute atomic E-state index is 0. The zero-order chi connectivity index (χ0) is 17.5. The molecule has 0 spiro atoms. The first-order valence-corrected chi connectivity index (χ1v) is 9.55. The number of piperidine rings is 1. The summed E-state index contributed by atoms with van der Waals surface area (Å²) >= 11 is 0. The number of nitrogens with one attached hydrogen (secondary N) is 1. The lowest BCUT2D eigenvalue weighted by Crippen LogP contribution is -2.43. The van der Waals surface area contributed by atoms with Gasteiger partial charge in [-0.15, -0.1) is 12.4 Å². The van der Waals surface area contributed by atoms with Gasteiger partial charge in [-0.25, -0.2) is 0 Å². The van der Waals surface area contributed by atoms with Crippen molar-refractivity contribution in [2.24, 2.45) is 5.92 Å². The lowest BCUT2D eigenvalue weighted by Gasteiger charge is -2.28. The molecule has 0 radical (unpaired) electrons. The molecule has 0 aliphatic carbocycles. The van der Waals surface area contributed by atoms with Gasteiger partial charge in [0.1, 0.15) is 0 Å². The molecule has 1 aromatic rings. The monoisotopic (exact) mass is 379 g/mol. The highest BCUT2D eigenvalue weighted by Gasteiger charge is 2.28. The van der Waals surface area contributed by atoms with Crippen LogP contribution in [0.5, 0.6) is 0 Å². The van der Waals surface area contributed by atoms with Crippen LogP contribution in [-0.2, 0) is 16.0 Å². The first kappa shape index (κ1) is 20.7. The number of hydrogen-bond donors (Lipinski definition) is 1. The summed E-state index contributed by atoms with van der Waals surface area (Å²) in [4.78, 5) is 29.1. The zero-order valence-electron chi connectivity index (χ0n) is 15.4. The minimum Gasteiger partial charge on any atom is -0.341 e. The number of rotatable bonds is 4. The standard InChI is InChI=1S/C20H29N3O2.ClH/c24-19(8-7-17-5-2-1-3-6-17)22-13-4-14-23(16-15-22)20(25)18-9-11-21-12-10-18;/h1-3,5-6,18,21H,4,7-16H2;1H. The molecule has 2 saturated heterocycles. The fourth-order valence-corrected chi connectivity index (χ4v) is 3.77. The Kier molecular flexibility index (Phi) is 8.39. The van der Waals surface area contributed by atoms with Crippen LogP contribution in [0.3, 0.4) is 0 Å². The molecule has 0 bridgehead atoms. The lowest BCUT2D eigenvalue weighted by molar-refractivity contribution is -0.137. The molecule has 0 aromatic heterocycles. The van der Waals surface area contributed by atoms with Crippen LogP contribution in [0.25, 0.3) is 0 Å². The molecule has 26 heavy (non-hydrogen) atoms. The van der Waals surface area contributed by atoms with Gasteiger partial charge in [0.05, 0.1) is 0 Å². The van der Waals surface area contributed by atoms with E-state index in [1.807, 2.05) is 28.0 Å². The topological polar surface area (TPSA) is 52.7 Å². The van der Waals surface area contributed by atoms with Crippen LogP contribution in [0.2, 0.25) is 0 Å². The Bertz CT molecular complexity index is 576. The van der Waals surface area contributed by atoms with Crippen LogP contribution < -0.4 is 5.32 Å². The lowest BCUT2D eigenvalue weighted by atomic mass is 9.96. The molecule has 1 aromatic carbocycles. The van der Waals surface area contributed by atoms with E-state index in [4.69, 9.17) is 0 Å². The second-order valence-electron chi connectivity index (χ2n) is 7.07. The number of benzene rings is 1. The minimum atomic E-state index is 0. The van der Waals surface area contributed by atoms with Crippen LogP contribution >= 0.6 is 12.4 Å². The fraction of sp³-hybridized carbons (Fsp3) is 0.600. The van der Waals surface area contributed by atoms with Gasteiger partial charge in [0.25, 0.3) is 0 Å². The molecule has 2 amide bonds. The summed E-state index contributed by atoms with van der Waals surface area (Å²) in [6.07, 6.45) is 4.10. The van der Waals surface area contributed by atoms with Crippen molar-refractivity contribution >= 4 is 24.2 Å². The summed E-state index contributed by atoms with van der Waals surface area (Å²) in [5.74, 6) is 0.668. The van der Waals surface area contributed by atoms with Crippen molar-refractivity contribution in [3.8, 4) is 0 Å². The zero-order valence-corrected chi connectivity index (χ0v) is 16.2. The summed E-state index contributed by atoms with van der Waals surface area (Å²) in [6.45, 7) is 4.78. The normalized spacial score (nSPS) is 18.8. The van der Waals surface area contributed by atoms with E-state index in [0.717, 1.165) is 51.9 Å². The average Bonchev–Trinajstić information content (AvgIpc) is 2.93. The van der Waals surface area contributed by atoms with Crippen LogP contribution in [0, 0.1) is 5.92 Å². The maximum absolute atomic E-state index is 12.7. The van der Waals surface area contributed by atoms with E-state index in [9.17, 15) is 9.59 Å². The Labute approximate surface area is 162 Å². The van der Waals surface area contributed by atoms with E-state index < -0.39 is 0 Å². The van der Waals surface area contributed by atoms with Crippen molar-refractivity contribution in [1.82, 2.24) is 15.1 Å². The highest BCUT2D eigenvalue weighted by atomic mass is 35.5. The highest BCUT2D eigenvalue weighted by molar-refractivity contribution is 5.85. The number of halogens is 1. The maximum atomic E-state index is 12.7. The molecule has 0 saturated carbocycles. The van der Waals surface area contributed by atoms with Crippen molar-refractivity contribution in [2.45, 2.75) is 32.1 Å². The first-order valence-electron chi connectivity index (χ1n) is 9.55. The first-order chi connectivity index (χ1) is 12.2. The van der Waals surface area contributed by atoms with Gasteiger partial charge in [-0.1, -0.05) is 30.3 Å². The number of nitrogens with zero attached hydrogens (tertiary/aromatic N) is 2. The predicted molar refractivity (Wildman–Crippen MR) is 105 cm³/mol. The average molecular weight is 380 g/mol. The van der Waals surface area contributed by atoms with Crippen molar-refractivity contribution < 1.29 is 9.59 Å². The van der Waals surface area contributed by atoms with Crippen LogP contribution in [0.1, 0.15) is 31.2 Å². The molecular formula is C20H30ClN3O2.